The van der Waals surface area contributed by atoms with Crippen molar-refractivity contribution in [3.63, 3.8) is 0 Å². The van der Waals surface area contributed by atoms with Gasteiger partial charge in [0.25, 0.3) is 5.56 Å². The number of rotatable bonds is 2. The predicted octanol–water partition coefficient (Wildman–Crippen LogP) is 0.278. The SMILES string of the molecule is O=Cc1c(O)nc(N2CCCCC2)[nH]c1=O. The number of aromatic nitrogens is 2. The molecule has 1 fully saturated rings. The molecule has 2 heterocycles. The van der Waals surface area contributed by atoms with Crippen LogP contribution >= 0.6 is 0 Å². The third-order valence-electron chi connectivity index (χ3n) is 2.70. The summed E-state index contributed by atoms with van der Waals surface area (Å²) in [6, 6.07) is 0. The van der Waals surface area contributed by atoms with Gasteiger partial charge < -0.3 is 10.0 Å². The van der Waals surface area contributed by atoms with Crippen LogP contribution in [0.1, 0.15) is 29.6 Å². The molecule has 0 aliphatic carbocycles. The number of carbonyl (C=O) groups is 1. The van der Waals surface area contributed by atoms with Crippen LogP contribution in [0.4, 0.5) is 5.95 Å². The first kappa shape index (κ1) is 10.7. The average molecular weight is 223 g/mol. The smallest absolute Gasteiger partial charge is 0.266 e. The van der Waals surface area contributed by atoms with Crippen molar-refractivity contribution in [2.24, 2.45) is 0 Å². The summed E-state index contributed by atoms with van der Waals surface area (Å²) in [4.78, 5) is 30.2. The van der Waals surface area contributed by atoms with Gasteiger partial charge in [0, 0.05) is 13.1 Å². The summed E-state index contributed by atoms with van der Waals surface area (Å²) in [6.45, 7) is 1.62. The molecule has 0 saturated carbocycles. The number of nitrogens with one attached hydrogen (secondary N) is 1. The van der Waals surface area contributed by atoms with Crippen LogP contribution in [-0.2, 0) is 0 Å². The minimum atomic E-state index is -0.594. The largest absolute Gasteiger partial charge is 0.493 e. The molecule has 0 bridgehead atoms. The first-order valence-electron chi connectivity index (χ1n) is 5.26. The molecule has 0 amide bonds. The van der Waals surface area contributed by atoms with Crippen molar-refractivity contribution in [1.29, 1.82) is 0 Å². The fourth-order valence-electron chi connectivity index (χ4n) is 1.82. The molecule has 2 N–H and O–H groups in total. The molecule has 16 heavy (non-hydrogen) atoms. The molecule has 0 unspecified atom stereocenters. The number of aromatic hydroxyl groups is 1. The van der Waals surface area contributed by atoms with E-state index in [0.717, 1.165) is 25.9 Å². The van der Waals surface area contributed by atoms with Crippen molar-refractivity contribution in [2.45, 2.75) is 19.3 Å². The quantitative estimate of drug-likeness (QED) is 0.703. The molecule has 0 atom stereocenters. The number of aldehydes is 1. The van der Waals surface area contributed by atoms with Crippen molar-refractivity contribution in [2.75, 3.05) is 18.0 Å². The van der Waals surface area contributed by atoms with Crippen LogP contribution in [0.5, 0.6) is 5.88 Å². The summed E-state index contributed by atoms with van der Waals surface area (Å²) in [5.74, 6) is -0.160. The van der Waals surface area contributed by atoms with Crippen molar-refractivity contribution < 1.29 is 9.90 Å². The molecule has 86 valence electrons. The van der Waals surface area contributed by atoms with E-state index in [1.807, 2.05) is 4.90 Å². The number of anilines is 1. The van der Waals surface area contributed by atoms with E-state index in [1.165, 1.54) is 6.42 Å². The second-order valence-electron chi connectivity index (χ2n) is 3.79. The van der Waals surface area contributed by atoms with Gasteiger partial charge in [-0.25, -0.2) is 0 Å². The van der Waals surface area contributed by atoms with Gasteiger partial charge in [-0.2, -0.15) is 4.98 Å². The van der Waals surface area contributed by atoms with Gasteiger partial charge >= 0.3 is 0 Å². The van der Waals surface area contributed by atoms with E-state index in [0.29, 0.717) is 12.2 Å². The van der Waals surface area contributed by atoms with E-state index in [-0.39, 0.29) is 5.56 Å². The van der Waals surface area contributed by atoms with Gasteiger partial charge in [0.15, 0.2) is 6.29 Å². The lowest BCUT2D eigenvalue weighted by Crippen LogP contribution is -2.33. The van der Waals surface area contributed by atoms with Gasteiger partial charge in [0.2, 0.25) is 11.8 Å². The Morgan fingerprint density at radius 2 is 2.00 bits per heavy atom. The summed E-state index contributed by atoms with van der Waals surface area (Å²) in [7, 11) is 0. The lowest BCUT2D eigenvalue weighted by molar-refractivity contribution is 0.111. The van der Waals surface area contributed by atoms with E-state index in [2.05, 4.69) is 9.97 Å². The number of H-pyrrole nitrogens is 1. The minimum absolute atomic E-state index is 0.307. The molecule has 0 spiro atoms. The van der Waals surface area contributed by atoms with E-state index in [9.17, 15) is 14.7 Å². The van der Waals surface area contributed by atoms with Crippen molar-refractivity contribution in [3.8, 4) is 5.88 Å². The Hall–Kier alpha value is -1.85. The Labute approximate surface area is 91.9 Å². The zero-order chi connectivity index (χ0) is 11.5. The molecule has 0 radical (unpaired) electrons. The van der Waals surface area contributed by atoms with Crippen molar-refractivity contribution >= 4 is 12.2 Å². The lowest BCUT2D eigenvalue weighted by Gasteiger charge is -2.26. The highest BCUT2D eigenvalue weighted by molar-refractivity contribution is 5.77. The standard InChI is InChI=1S/C10H13N3O3/c14-6-7-8(15)11-10(12-9(7)16)13-4-2-1-3-5-13/h6H,1-5H2,(H2,11,12,15,16). The van der Waals surface area contributed by atoms with Gasteiger partial charge in [0.1, 0.15) is 5.56 Å². The third-order valence-corrected chi connectivity index (χ3v) is 2.70. The summed E-state index contributed by atoms with van der Waals surface area (Å²) in [5.41, 5.74) is -0.913. The van der Waals surface area contributed by atoms with E-state index in [1.54, 1.807) is 0 Å². The third kappa shape index (κ3) is 1.91. The zero-order valence-corrected chi connectivity index (χ0v) is 8.77. The lowest BCUT2D eigenvalue weighted by atomic mass is 10.1. The highest BCUT2D eigenvalue weighted by Gasteiger charge is 2.16. The highest BCUT2D eigenvalue weighted by Crippen LogP contribution is 2.17. The number of carbonyl (C=O) groups excluding carboxylic acids is 1. The topological polar surface area (TPSA) is 86.3 Å². The molecule has 1 aliphatic heterocycles. The Morgan fingerprint density at radius 3 is 2.56 bits per heavy atom. The molecule has 6 heteroatoms. The van der Waals surface area contributed by atoms with E-state index >= 15 is 0 Å². The molecule has 2 rings (SSSR count). The molecule has 1 aliphatic rings. The summed E-state index contributed by atoms with van der Waals surface area (Å²) in [5, 5.41) is 9.41. The van der Waals surface area contributed by atoms with Crippen LogP contribution in [0.15, 0.2) is 4.79 Å². The van der Waals surface area contributed by atoms with Gasteiger partial charge in [-0.15, -0.1) is 0 Å². The van der Waals surface area contributed by atoms with Crippen LogP contribution in [-0.4, -0.2) is 34.5 Å². The first-order valence-corrected chi connectivity index (χ1v) is 5.26. The first-order chi connectivity index (χ1) is 7.72. The monoisotopic (exact) mass is 223 g/mol. The second kappa shape index (κ2) is 4.34. The summed E-state index contributed by atoms with van der Waals surface area (Å²) < 4.78 is 0. The Morgan fingerprint density at radius 1 is 1.31 bits per heavy atom. The minimum Gasteiger partial charge on any atom is -0.493 e. The highest BCUT2D eigenvalue weighted by atomic mass is 16.3. The zero-order valence-electron chi connectivity index (χ0n) is 8.77. The molecule has 1 aromatic heterocycles. The normalized spacial score (nSPS) is 16.1. The van der Waals surface area contributed by atoms with Crippen LogP contribution < -0.4 is 10.5 Å². The Kier molecular flexibility index (Phi) is 2.89. The molecule has 6 nitrogen and oxygen atoms in total. The predicted molar refractivity (Wildman–Crippen MR) is 58.0 cm³/mol. The fourth-order valence-corrected chi connectivity index (χ4v) is 1.82. The molecular weight excluding hydrogens is 210 g/mol. The van der Waals surface area contributed by atoms with E-state index < -0.39 is 11.4 Å². The number of aromatic amines is 1. The Bertz CT molecular complexity index is 449. The summed E-state index contributed by atoms with van der Waals surface area (Å²) in [6.07, 6.45) is 3.56. The van der Waals surface area contributed by atoms with Crippen LogP contribution in [0, 0.1) is 0 Å². The molecule has 0 aromatic carbocycles. The van der Waals surface area contributed by atoms with Crippen molar-refractivity contribution in [1.82, 2.24) is 9.97 Å². The van der Waals surface area contributed by atoms with Gasteiger partial charge in [-0.1, -0.05) is 0 Å². The maximum absolute atomic E-state index is 11.4. The van der Waals surface area contributed by atoms with Crippen molar-refractivity contribution in [3.05, 3.63) is 15.9 Å². The second-order valence-corrected chi connectivity index (χ2v) is 3.79. The van der Waals surface area contributed by atoms with E-state index in [4.69, 9.17) is 0 Å². The van der Waals surface area contributed by atoms with Gasteiger partial charge in [-0.3, -0.25) is 14.6 Å². The average Bonchev–Trinajstić information content (AvgIpc) is 2.30. The maximum atomic E-state index is 11.4. The van der Waals surface area contributed by atoms with Crippen LogP contribution in [0.2, 0.25) is 0 Å². The number of hydrogen-bond acceptors (Lipinski definition) is 5. The van der Waals surface area contributed by atoms with Gasteiger partial charge in [-0.05, 0) is 19.3 Å². The molecule has 1 saturated heterocycles. The summed E-state index contributed by atoms with van der Waals surface area (Å²) >= 11 is 0. The number of piperidine rings is 1. The van der Waals surface area contributed by atoms with Gasteiger partial charge in [0.05, 0.1) is 0 Å². The van der Waals surface area contributed by atoms with Crippen LogP contribution in [0.3, 0.4) is 0 Å². The Balaban J connectivity index is 2.35. The molecule has 1 aromatic rings. The van der Waals surface area contributed by atoms with Crippen LogP contribution in [0.25, 0.3) is 0 Å². The number of hydrogen-bond donors (Lipinski definition) is 2. The molecular formula is C10H13N3O3. The maximum Gasteiger partial charge on any atom is 0.266 e. The number of nitrogens with zero attached hydrogens (tertiary/aromatic N) is 2. The fraction of sp³-hybridized carbons (Fsp3) is 0.500.